The molecule has 0 spiro atoms. The maximum atomic E-state index is 8.53. The topological polar surface area (TPSA) is 58.0 Å². The third-order valence-corrected chi connectivity index (χ3v) is 2.06. The van der Waals surface area contributed by atoms with Crippen LogP contribution in [-0.4, -0.2) is 28.2 Å². The SMILES string of the molecule is OCCNc1nc(Cl)c(Cl)nc1Cl. The number of anilines is 1. The Morgan fingerprint density at radius 3 is 2.31 bits per heavy atom. The lowest BCUT2D eigenvalue weighted by molar-refractivity contribution is 0.311. The number of nitrogens with zero attached hydrogens (tertiary/aromatic N) is 2. The van der Waals surface area contributed by atoms with Crippen LogP contribution in [0.4, 0.5) is 5.82 Å². The Labute approximate surface area is 89.9 Å². The monoisotopic (exact) mass is 241 g/mol. The fourth-order valence-corrected chi connectivity index (χ4v) is 1.15. The van der Waals surface area contributed by atoms with Crippen molar-refractivity contribution in [2.75, 3.05) is 18.5 Å². The molecule has 4 nitrogen and oxygen atoms in total. The number of aromatic nitrogens is 2. The first-order chi connectivity index (χ1) is 6.15. The van der Waals surface area contributed by atoms with Gasteiger partial charge in [-0.25, -0.2) is 9.97 Å². The summed E-state index contributed by atoms with van der Waals surface area (Å²) in [7, 11) is 0. The van der Waals surface area contributed by atoms with Gasteiger partial charge in [0.15, 0.2) is 21.3 Å². The van der Waals surface area contributed by atoms with Crippen molar-refractivity contribution >= 4 is 40.6 Å². The van der Waals surface area contributed by atoms with Gasteiger partial charge in [-0.2, -0.15) is 0 Å². The molecule has 13 heavy (non-hydrogen) atoms. The van der Waals surface area contributed by atoms with Gasteiger partial charge >= 0.3 is 0 Å². The Morgan fingerprint density at radius 1 is 1.08 bits per heavy atom. The predicted molar refractivity (Wildman–Crippen MR) is 52.6 cm³/mol. The molecule has 0 aliphatic rings. The van der Waals surface area contributed by atoms with Crippen molar-refractivity contribution in [3.05, 3.63) is 15.5 Å². The molecule has 0 fully saturated rings. The molecule has 0 aliphatic carbocycles. The van der Waals surface area contributed by atoms with Gasteiger partial charge in [-0.1, -0.05) is 34.8 Å². The van der Waals surface area contributed by atoms with E-state index in [4.69, 9.17) is 39.9 Å². The van der Waals surface area contributed by atoms with E-state index in [0.717, 1.165) is 0 Å². The van der Waals surface area contributed by atoms with Gasteiger partial charge in [0.1, 0.15) is 0 Å². The van der Waals surface area contributed by atoms with Crippen molar-refractivity contribution in [2.24, 2.45) is 0 Å². The first-order valence-electron chi connectivity index (χ1n) is 3.38. The molecule has 0 aromatic carbocycles. The molecule has 0 atom stereocenters. The smallest absolute Gasteiger partial charge is 0.173 e. The first kappa shape index (κ1) is 10.8. The van der Waals surface area contributed by atoms with Crippen LogP contribution in [0, 0.1) is 0 Å². The summed E-state index contributed by atoms with van der Waals surface area (Å²) in [5, 5.41) is 11.5. The Morgan fingerprint density at radius 2 is 1.69 bits per heavy atom. The lowest BCUT2D eigenvalue weighted by atomic mass is 10.6. The van der Waals surface area contributed by atoms with E-state index in [1.807, 2.05) is 0 Å². The zero-order chi connectivity index (χ0) is 9.84. The predicted octanol–water partition coefficient (Wildman–Crippen LogP) is 1.84. The van der Waals surface area contributed by atoms with Crippen LogP contribution >= 0.6 is 34.8 Å². The highest BCUT2D eigenvalue weighted by Crippen LogP contribution is 2.24. The van der Waals surface area contributed by atoms with Gasteiger partial charge in [0.05, 0.1) is 6.61 Å². The summed E-state index contributed by atoms with van der Waals surface area (Å²) in [5.74, 6) is 0.310. The van der Waals surface area contributed by atoms with E-state index >= 15 is 0 Å². The van der Waals surface area contributed by atoms with E-state index in [1.54, 1.807) is 0 Å². The second-order valence-corrected chi connectivity index (χ2v) is 3.17. The second kappa shape index (κ2) is 4.81. The van der Waals surface area contributed by atoms with E-state index in [1.165, 1.54) is 0 Å². The summed E-state index contributed by atoms with van der Waals surface area (Å²) in [4.78, 5) is 7.54. The van der Waals surface area contributed by atoms with Crippen LogP contribution in [0.25, 0.3) is 0 Å². The number of aliphatic hydroxyl groups is 1. The highest BCUT2D eigenvalue weighted by atomic mass is 35.5. The number of nitrogens with one attached hydrogen (secondary N) is 1. The van der Waals surface area contributed by atoms with Crippen LogP contribution < -0.4 is 5.32 Å². The first-order valence-corrected chi connectivity index (χ1v) is 4.52. The summed E-state index contributed by atoms with van der Waals surface area (Å²) in [6.07, 6.45) is 0. The molecule has 1 heterocycles. The summed E-state index contributed by atoms with van der Waals surface area (Å²) in [6.45, 7) is 0.296. The third kappa shape index (κ3) is 2.84. The molecule has 2 N–H and O–H groups in total. The van der Waals surface area contributed by atoms with Crippen LogP contribution in [0.3, 0.4) is 0 Å². The summed E-state index contributed by atoms with van der Waals surface area (Å²) < 4.78 is 0. The molecule has 0 saturated carbocycles. The molecule has 1 rings (SSSR count). The maximum Gasteiger partial charge on any atom is 0.173 e. The molecule has 1 aromatic rings. The molecule has 7 heteroatoms. The van der Waals surface area contributed by atoms with Crippen LogP contribution in [-0.2, 0) is 0 Å². The third-order valence-electron chi connectivity index (χ3n) is 1.18. The van der Waals surface area contributed by atoms with Crippen LogP contribution in [0.15, 0.2) is 0 Å². The van der Waals surface area contributed by atoms with Crippen molar-refractivity contribution in [1.82, 2.24) is 9.97 Å². The minimum atomic E-state index is -0.0295. The number of rotatable bonds is 3. The van der Waals surface area contributed by atoms with E-state index in [-0.39, 0.29) is 22.1 Å². The van der Waals surface area contributed by atoms with Crippen LogP contribution in [0.1, 0.15) is 0 Å². The average molecular weight is 242 g/mol. The van der Waals surface area contributed by atoms with Gasteiger partial charge in [0.25, 0.3) is 0 Å². The number of hydrogen-bond donors (Lipinski definition) is 2. The van der Waals surface area contributed by atoms with Crippen molar-refractivity contribution in [1.29, 1.82) is 0 Å². The molecule has 0 amide bonds. The molecule has 1 aromatic heterocycles. The highest BCUT2D eigenvalue weighted by Gasteiger charge is 2.08. The Hall–Kier alpha value is -0.290. The van der Waals surface area contributed by atoms with Crippen molar-refractivity contribution in [3.8, 4) is 0 Å². The van der Waals surface area contributed by atoms with Crippen molar-refractivity contribution in [3.63, 3.8) is 0 Å². The lowest BCUT2D eigenvalue weighted by Gasteiger charge is -2.05. The van der Waals surface area contributed by atoms with E-state index in [9.17, 15) is 0 Å². The van der Waals surface area contributed by atoms with Gasteiger partial charge in [-0.3, -0.25) is 0 Å². The minimum absolute atomic E-state index is 0.0295. The maximum absolute atomic E-state index is 8.53. The second-order valence-electron chi connectivity index (χ2n) is 2.10. The molecule has 72 valence electrons. The fraction of sp³-hybridized carbons (Fsp3) is 0.333. The number of aliphatic hydroxyl groups excluding tert-OH is 1. The molecule has 0 unspecified atom stereocenters. The quantitative estimate of drug-likeness (QED) is 0.849. The number of halogens is 3. The molecule has 0 bridgehead atoms. The van der Waals surface area contributed by atoms with Gasteiger partial charge in [0.2, 0.25) is 0 Å². The molecule has 0 aliphatic heterocycles. The Kier molecular flexibility index (Phi) is 3.99. The summed E-state index contributed by atoms with van der Waals surface area (Å²) in [6, 6.07) is 0. The standard InChI is InChI=1S/C6H6Cl3N3O/c7-3-4(8)12-6(5(9)11-3)10-1-2-13/h13H,1-2H2,(H,10,12). The van der Waals surface area contributed by atoms with Crippen molar-refractivity contribution in [2.45, 2.75) is 0 Å². The van der Waals surface area contributed by atoms with Crippen LogP contribution in [0.2, 0.25) is 15.5 Å². The molecular formula is C6H6Cl3N3O. The minimum Gasteiger partial charge on any atom is -0.395 e. The van der Waals surface area contributed by atoms with E-state index in [2.05, 4.69) is 15.3 Å². The van der Waals surface area contributed by atoms with E-state index in [0.29, 0.717) is 12.4 Å². The zero-order valence-corrected chi connectivity index (χ0v) is 8.66. The van der Waals surface area contributed by atoms with Gasteiger partial charge < -0.3 is 10.4 Å². The van der Waals surface area contributed by atoms with E-state index < -0.39 is 0 Å². The zero-order valence-electron chi connectivity index (χ0n) is 6.39. The van der Waals surface area contributed by atoms with Crippen LogP contribution in [0.5, 0.6) is 0 Å². The number of hydrogen-bond acceptors (Lipinski definition) is 4. The largest absolute Gasteiger partial charge is 0.395 e. The highest BCUT2D eigenvalue weighted by molar-refractivity contribution is 6.41. The molecule has 0 saturated heterocycles. The molecule has 0 radical (unpaired) electrons. The Bertz CT molecular complexity index is 307. The van der Waals surface area contributed by atoms with Gasteiger partial charge in [-0.05, 0) is 0 Å². The Balaban J connectivity index is 2.88. The average Bonchev–Trinajstić information content (AvgIpc) is 2.09. The van der Waals surface area contributed by atoms with Crippen molar-refractivity contribution < 1.29 is 5.11 Å². The normalized spacial score (nSPS) is 10.2. The van der Waals surface area contributed by atoms with Gasteiger partial charge in [0, 0.05) is 6.54 Å². The van der Waals surface area contributed by atoms with Gasteiger partial charge in [-0.15, -0.1) is 0 Å². The molecular weight excluding hydrogens is 236 g/mol. The fourth-order valence-electron chi connectivity index (χ4n) is 0.662. The summed E-state index contributed by atoms with van der Waals surface area (Å²) in [5.41, 5.74) is 0. The lowest BCUT2D eigenvalue weighted by Crippen LogP contribution is -2.08. The summed E-state index contributed by atoms with van der Waals surface area (Å²) >= 11 is 16.8.